The van der Waals surface area contributed by atoms with Crippen molar-refractivity contribution in [3.8, 4) is 0 Å². The van der Waals surface area contributed by atoms with E-state index < -0.39 is 0 Å². The van der Waals surface area contributed by atoms with Gasteiger partial charge in [0.2, 0.25) is 0 Å². The van der Waals surface area contributed by atoms with Gasteiger partial charge in [-0.15, -0.1) is 11.3 Å². The monoisotopic (exact) mass is 380 g/mol. The van der Waals surface area contributed by atoms with Gasteiger partial charge in [0.25, 0.3) is 0 Å². The number of thiophene rings is 1. The molecule has 96 valence electrons. The van der Waals surface area contributed by atoms with Crippen LogP contribution in [0.4, 0.5) is 0 Å². The number of hydrogen-bond donors (Lipinski definition) is 1. The Hall–Kier alpha value is 0.580. The number of hydrogen-bond acceptors (Lipinski definition) is 3. The van der Waals surface area contributed by atoms with E-state index in [1.807, 2.05) is 11.3 Å². The Morgan fingerprint density at radius 3 is 2.88 bits per heavy atom. The quantitative estimate of drug-likeness (QED) is 0.861. The Morgan fingerprint density at radius 2 is 2.29 bits per heavy atom. The number of nitrogens with two attached hydrogens (primary N) is 1. The van der Waals surface area contributed by atoms with E-state index in [2.05, 4.69) is 49.7 Å². The van der Waals surface area contributed by atoms with E-state index >= 15 is 0 Å². The van der Waals surface area contributed by atoms with E-state index in [1.54, 1.807) is 0 Å². The Bertz CT molecular complexity index is 361. The fourth-order valence-electron chi connectivity index (χ4n) is 2.39. The van der Waals surface area contributed by atoms with Gasteiger partial charge < -0.3 is 5.73 Å². The van der Waals surface area contributed by atoms with Gasteiger partial charge in [-0.3, -0.25) is 4.90 Å². The van der Waals surface area contributed by atoms with Crippen LogP contribution in [0.2, 0.25) is 0 Å². The second-order valence-corrected chi connectivity index (χ2v) is 8.00. The van der Waals surface area contributed by atoms with E-state index in [0.717, 1.165) is 26.1 Å². The fourth-order valence-corrected chi connectivity index (χ4v) is 4.61. The molecule has 0 aliphatic carbocycles. The zero-order valence-corrected chi connectivity index (χ0v) is 13.9. The molecule has 2 unspecified atom stereocenters. The number of halogens is 2. The number of rotatable bonds is 3. The van der Waals surface area contributed by atoms with Crippen molar-refractivity contribution in [2.24, 2.45) is 11.7 Å². The van der Waals surface area contributed by atoms with Crippen molar-refractivity contribution in [3.63, 3.8) is 0 Å². The molecule has 17 heavy (non-hydrogen) atoms. The van der Waals surface area contributed by atoms with Gasteiger partial charge in [0.1, 0.15) is 0 Å². The summed E-state index contributed by atoms with van der Waals surface area (Å²) in [6, 6.07) is 2.61. The average Bonchev–Trinajstić information content (AvgIpc) is 2.61. The third-order valence-electron chi connectivity index (χ3n) is 3.48. The molecule has 0 amide bonds. The Kier molecular flexibility index (Phi) is 5.06. The van der Waals surface area contributed by atoms with E-state index in [-0.39, 0.29) is 0 Å². The summed E-state index contributed by atoms with van der Waals surface area (Å²) < 4.78 is 2.35. The molecule has 1 saturated heterocycles. The molecule has 0 bridgehead atoms. The molecule has 2 rings (SSSR count). The molecule has 1 aromatic heterocycles. The highest BCUT2D eigenvalue weighted by Crippen LogP contribution is 2.33. The normalized spacial score (nSPS) is 26.4. The van der Waals surface area contributed by atoms with E-state index in [4.69, 9.17) is 5.73 Å². The molecule has 1 aliphatic rings. The lowest BCUT2D eigenvalue weighted by molar-refractivity contribution is 0.146. The lowest BCUT2D eigenvalue weighted by atomic mass is 9.91. The van der Waals surface area contributed by atoms with Crippen LogP contribution in [0.15, 0.2) is 14.3 Å². The Labute approximate surface area is 124 Å². The predicted octanol–water partition coefficient (Wildman–Crippen LogP) is 3.83. The standard InChI is InChI=1S/C12H18Br2N2S/c1-2-8-6-16(4-3-11(8)15)7-9-5-10(13)12(14)17-9/h5,8,11H,2-4,6-7,15H2,1H3. The molecular formula is C12H18Br2N2S. The second-order valence-electron chi connectivity index (χ2n) is 4.69. The van der Waals surface area contributed by atoms with Gasteiger partial charge >= 0.3 is 0 Å². The number of likely N-dealkylation sites (tertiary alicyclic amines) is 1. The van der Waals surface area contributed by atoms with Crippen molar-refractivity contribution in [3.05, 3.63) is 19.2 Å². The van der Waals surface area contributed by atoms with Crippen LogP contribution in [0.5, 0.6) is 0 Å². The summed E-state index contributed by atoms with van der Waals surface area (Å²) in [6.07, 6.45) is 2.32. The Balaban J connectivity index is 1.95. The van der Waals surface area contributed by atoms with Gasteiger partial charge in [-0.2, -0.15) is 0 Å². The minimum Gasteiger partial charge on any atom is -0.327 e. The van der Waals surface area contributed by atoms with Gasteiger partial charge in [-0.25, -0.2) is 0 Å². The zero-order valence-electron chi connectivity index (χ0n) is 9.96. The van der Waals surface area contributed by atoms with E-state index in [0.29, 0.717) is 12.0 Å². The molecule has 5 heteroatoms. The van der Waals surface area contributed by atoms with Gasteiger partial charge in [0.05, 0.1) is 3.79 Å². The maximum absolute atomic E-state index is 6.13. The summed E-state index contributed by atoms with van der Waals surface area (Å²) in [7, 11) is 0. The maximum atomic E-state index is 6.13. The van der Waals surface area contributed by atoms with Crippen LogP contribution in [0.3, 0.4) is 0 Å². The van der Waals surface area contributed by atoms with Crippen molar-refractivity contribution < 1.29 is 0 Å². The van der Waals surface area contributed by atoms with E-state index in [9.17, 15) is 0 Å². The third kappa shape index (κ3) is 3.53. The van der Waals surface area contributed by atoms with Crippen LogP contribution < -0.4 is 5.73 Å². The van der Waals surface area contributed by atoms with Gasteiger partial charge in [0, 0.05) is 35.0 Å². The predicted molar refractivity (Wildman–Crippen MR) is 81.4 cm³/mol. The first-order valence-electron chi connectivity index (χ1n) is 6.01. The lowest BCUT2D eigenvalue weighted by Crippen LogP contribution is -2.46. The minimum absolute atomic E-state index is 0.401. The molecule has 2 atom stereocenters. The molecule has 2 heterocycles. The smallest absolute Gasteiger partial charge is 0.0843 e. The molecule has 0 radical (unpaired) electrons. The first kappa shape index (κ1) is 14.0. The summed E-state index contributed by atoms with van der Waals surface area (Å²) >= 11 is 8.90. The van der Waals surface area contributed by atoms with Crippen molar-refractivity contribution in [2.45, 2.75) is 32.4 Å². The van der Waals surface area contributed by atoms with Crippen molar-refractivity contribution in [2.75, 3.05) is 13.1 Å². The molecule has 0 aromatic carbocycles. The lowest BCUT2D eigenvalue weighted by Gasteiger charge is -2.36. The summed E-state index contributed by atoms with van der Waals surface area (Å²) in [5.74, 6) is 0.663. The summed E-state index contributed by atoms with van der Waals surface area (Å²) in [5.41, 5.74) is 6.13. The molecule has 1 aliphatic heterocycles. The van der Waals surface area contributed by atoms with E-state index in [1.165, 1.54) is 19.6 Å². The molecule has 1 fully saturated rings. The largest absolute Gasteiger partial charge is 0.327 e. The summed E-state index contributed by atoms with van der Waals surface area (Å²) in [6.45, 7) is 5.57. The highest BCUT2D eigenvalue weighted by molar-refractivity contribution is 9.13. The van der Waals surface area contributed by atoms with Gasteiger partial charge in [-0.1, -0.05) is 13.3 Å². The van der Waals surface area contributed by atoms with Gasteiger partial charge in [0.15, 0.2) is 0 Å². The Morgan fingerprint density at radius 1 is 1.53 bits per heavy atom. The molecule has 1 aromatic rings. The third-order valence-corrected chi connectivity index (χ3v) is 6.72. The average molecular weight is 382 g/mol. The van der Waals surface area contributed by atoms with Crippen LogP contribution in [0.25, 0.3) is 0 Å². The maximum Gasteiger partial charge on any atom is 0.0843 e. The highest BCUT2D eigenvalue weighted by Gasteiger charge is 2.25. The van der Waals surface area contributed by atoms with Crippen LogP contribution in [0, 0.1) is 5.92 Å². The van der Waals surface area contributed by atoms with Crippen molar-refractivity contribution >= 4 is 43.2 Å². The molecular weight excluding hydrogens is 364 g/mol. The van der Waals surface area contributed by atoms with Crippen LogP contribution in [-0.4, -0.2) is 24.0 Å². The second kappa shape index (κ2) is 6.15. The van der Waals surface area contributed by atoms with Crippen molar-refractivity contribution in [1.82, 2.24) is 4.90 Å². The summed E-state index contributed by atoms with van der Waals surface area (Å²) in [4.78, 5) is 3.94. The number of piperidine rings is 1. The number of nitrogens with zero attached hydrogens (tertiary/aromatic N) is 1. The molecule has 2 nitrogen and oxygen atoms in total. The van der Waals surface area contributed by atoms with Crippen molar-refractivity contribution in [1.29, 1.82) is 0 Å². The van der Waals surface area contributed by atoms with Gasteiger partial charge in [-0.05, 0) is 50.3 Å². The zero-order chi connectivity index (χ0) is 12.4. The van der Waals surface area contributed by atoms with Crippen LogP contribution in [-0.2, 0) is 6.54 Å². The highest BCUT2D eigenvalue weighted by atomic mass is 79.9. The van der Waals surface area contributed by atoms with Crippen LogP contribution >= 0.6 is 43.2 Å². The SMILES string of the molecule is CCC1CN(Cc2cc(Br)c(Br)s2)CCC1N. The fraction of sp³-hybridized carbons (Fsp3) is 0.667. The minimum atomic E-state index is 0.401. The molecule has 0 saturated carbocycles. The first-order valence-corrected chi connectivity index (χ1v) is 8.42. The summed E-state index contributed by atoms with van der Waals surface area (Å²) in [5, 5.41) is 0. The van der Waals surface area contributed by atoms with Crippen LogP contribution in [0.1, 0.15) is 24.6 Å². The molecule has 0 spiro atoms. The first-order chi connectivity index (χ1) is 8.10. The molecule has 2 N–H and O–H groups in total. The topological polar surface area (TPSA) is 29.3 Å².